The maximum absolute atomic E-state index is 13.9. The number of carbonyl (C=O) groups excluding carboxylic acids is 1. The van der Waals surface area contributed by atoms with Gasteiger partial charge in [0.25, 0.3) is 0 Å². The first-order valence-electron chi connectivity index (χ1n) is 15.6. The van der Waals surface area contributed by atoms with Crippen molar-refractivity contribution in [1.29, 1.82) is 0 Å². The lowest BCUT2D eigenvalue weighted by Gasteiger charge is -2.32. The Morgan fingerprint density at radius 1 is 0.769 bits per heavy atom. The fraction of sp³-hybridized carbons (Fsp3) is 0.514. The van der Waals surface area contributed by atoms with E-state index in [2.05, 4.69) is 28.8 Å². The smallest absolute Gasteiger partial charge is 0.200 e. The van der Waals surface area contributed by atoms with Crippen molar-refractivity contribution in [2.75, 3.05) is 0 Å². The first-order chi connectivity index (χ1) is 19.2. The van der Waals surface area contributed by atoms with Crippen molar-refractivity contribution in [3.63, 3.8) is 0 Å². The van der Waals surface area contributed by atoms with Crippen molar-refractivity contribution >= 4 is 35.0 Å². The Balaban J connectivity index is 1.57. The molecule has 3 aromatic rings. The summed E-state index contributed by atoms with van der Waals surface area (Å²) in [5, 5.41) is 1.28. The van der Waals surface area contributed by atoms with Crippen LogP contribution in [0.5, 0.6) is 0 Å². The molecule has 6 rings (SSSR count). The maximum atomic E-state index is 13.9. The molecule has 0 bridgehead atoms. The van der Waals surface area contributed by atoms with Gasteiger partial charge in [-0.2, -0.15) is 0 Å². The highest BCUT2D eigenvalue weighted by atomic mass is 32.1. The fourth-order valence-corrected chi connectivity index (χ4v) is 7.96. The van der Waals surface area contributed by atoms with Crippen LogP contribution in [0.25, 0.3) is 17.0 Å². The summed E-state index contributed by atoms with van der Waals surface area (Å²) < 4.78 is 3.16. The molecule has 4 heteroatoms. The highest BCUT2D eigenvalue weighted by Gasteiger charge is 2.30. The van der Waals surface area contributed by atoms with Gasteiger partial charge in [-0.3, -0.25) is 4.79 Å². The van der Waals surface area contributed by atoms with E-state index in [4.69, 9.17) is 17.2 Å². The molecule has 3 aliphatic carbocycles. The molecule has 1 aromatic heterocycles. The number of nitrogens with zero attached hydrogens (tertiary/aromatic N) is 2. The van der Waals surface area contributed by atoms with Crippen molar-refractivity contribution in [1.82, 2.24) is 9.55 Å². The zero-order valence-corrected chi connectivity index (χ0v) is 24.1. The molecular weight excluding hydrogens is 496 g/mol. The van der Waals surface area contributed by atoms with Crippen LogP contribution in [0.3, 0.4) is 0 Å². The lowest BCUT2D eigenvalue weighted by Crippen LogP contribution is -2.20. The number of fused-ring (bicyclic) bond motifs is 1. The van der Waals surface area contributed by atoms with E-state index in [0.29, 0.717) is 17.9 Å². The van der Waals surface area contributed by atoms with Crippen LogP contribution >= 0.6 is 12.2 Å². The lowest BCUT2D eigenvalue weighted by atomic mass is 9.77. The number of hydrogen-bond acceptors (Lipinski definition) is 3. The minimum Gasteiger partial charge on any atom is -0.313 e. The predicted molar refractivity (Wildman–Crippen MR) is 164 cm³/mol. The van der Waals surface area contributed by atoms with Gasteiger partial charge in [-0.05, 0) is 86.0 Å². The molecule has 3 aliphatic rings. The molecule has 2 aromatic carbocycles. The largest absolute Gasteiger partial charge is 0.313 e. The average molecular weight is 539 g/mol. The Morgan fingerprint density at radius 3 is 2.05 bits per heavy atom. The number of ketones is 1. The summed E-state index contributed by atoms with van der Waals surface area (Å²) in [5.41, 5.74) is 5.66. The number of rotatable bonds is 6. The van der Waals surface area contributed by atoms with Gasteiger partial charge in [0.1, 0.15) is 0 Å². The molecule has 3 fully saturated rings. The topological polar surface area (TPSA) is 34.9 Å². The minimum atomic E-state index is 0.114. The molecule has 0 saturated heterocycles. The third-order valence-corrected chi connectivity index (χ3v) is 9.89. The predicted octanol–water partition coefficient (Wildman–Crippen LogP) is 10.3. The highest BCUT2D eigenvalue weighted by Crippen LogP contribution is 2.44. The third-order valence-electron chi connectivity index (χ3n) is 9.60. The number of carbonyl (C=O) groups is 1. The van der Waals surface area contributed by atoms with E-state index in [0.717, 1.165) is 28.7 Å². The Morgan fingerprint density at radius 2 is 1.38 bits per heavy atom. The Bertz CT molecular complexity index is 1390. The zero-order chi connectivity index (χ0) is 26.6. The van der Waals surface area contributed by atoms with Crippen LogP contribution in [0, 0.1) is 4.77 Å². The standard InChI is InChI=1S/C35H42N2OS/c38-31(24-21-25-13-5-1-6-14-25)29-22-23-30-33(32(29)26-15-7-2-8-16-26)34(27-17-9-3-10-18-27)36-35(39)37(30)28-19-11-4-12-20-28/h1,5-6,13-14,21-24,26-28H,2-4,7-12,15-20H2. The molecule has 0 atom stereocenters. The van der Waals surface area contributed by atoms with Crippen molar-refractivity contribution in [3.8, 4) is 0 Å². The number of allylic oxidation sites excluding steroid dienone is 1. The van der Waals surface area contributed by atoms with Crippen molar-refractivity contribution in [3.05, 3.63) is 75.7 Å². The Labute approximate surface area is 238 Å². The summed E-state index contributed by atoms with van der Waals surface area (Å²) in [4.78, 5) is 19.2. The molecule has 3 saturated carbocycles. The summed E-state index contributed by atoms with van der Waals surface area (Å²) in [6.45, 7) is 0. The first kappa shape index (κ1) is 26.6. The second kappa shape index (κ2) is 12.3. The van der Waals surface area contributed by atoms with Crippen molar-refractivity contribution in [2.45, 2.75) is 114 Å². The molecule has 0 radical (unpaired) electrons. The molecule has 0 aliphatic heterocycles. The van der Waals surface area contributed by atoms with Crippen LogP contribution in [0.15, 0.2) is 48.5 Å². The summed E-state index contributed by atoms with van der Waals surface area (Å²) in [6.07, 6.45) is 22.2. The highest BCUT2D eigenvalue weighted by molar-refractivity contribution is 7.71. The second-order valence-electron chi connectivity index (χ2n) is 12.1. The quantitative estimate of drug-likeness (QED) is 0.178. The Kier molecular flexibility index (Phi) is 8.39. The summed E-state index contributed by atoms with van der Waals surface area (Å²) in [7, 11) is 0. The van der Waals surface area contributed by atoms with E-state index in [-0.39, 0.29) is 5.78 Å². The fourth-order valence-electron chi connectivity index (χ4n) is 7.61. The molecule has 204 valence electrons. The zero-order valence-electron chi connectivity index (χ0n) is 23.2. The third kappa shape index (κ3) is 5.68. The van der Waals surface area contributed by atoms with Gasteiger partial charge in [0, 0.05) is 22.9 Å². The second-order valence-corrected chi connectivity index (χ2v) is 12.5. The van der Waals surface area contributed by atoms with E-state index in [1.807, 2.05) is 24.3 Å². The van der Waals surface area contributed by atoms with Gasteiger partial charge in [0.15, 0.2) is 10.6 Å². The average Bonchev–Trinajstić information content (AvgIpc) is 3.00. The van der Waals surface area contributed by atoms with Gasteiger partial charge < -0.3 is 4.57 Å². The molecule has 0 unspecified atom stereocenters. The number of hydrogen-bond donors (Lipinski definition) is 0. The van der Waals surface area contributed by atoms with Crippen LogP contribution < -0.4 is 0 Å². The molecule has 1 heterocycles. The molecule has 39 heavy (non-hydrogen) atoms. The lowest BCUT2D eigenvalue weighted by molar-refractivity contribution is 0.104. The van der Waals surface area contributed by atoms with Gasteiger partial charge in [0.2, 0.25) is 0 Å². The van der Waals surface area contributed by atoms with Gasteiger partial charge in [-0.15, -0.1) is 0 Å². The first-order valence-corrected chi connectivity index (χ1v) is 16.0. The number of aromatic nitrogens is 2. The molecule has 3 nitrogen and oxygen atoms in total. The van der Waals surface area contributed by atoms with Crippen LogP contribution in [0.2, 0.25) is 0 Å². The van der Waals surface area contributed by atoms with E-state index in [9.17, 15) is 4.79 Å². The van der Waals surface area contributed by atoms with Gasteiger partial charge in [-0.1, -0.05) is 94.2 Å². The van der Waals surface area contributed by atoms with Crippen LogP contribution in [-0.2, 0) is 0 Å². The number of benzene rings is 2. The van der Waals surface area contributed by atoms with E-state index < -0.39 is 0 Å². The molecule has 0 amide bonds. The van der Waals surface area contributed by atoms with Crippen LogP contribution in [-0.4, -0.2) is 15.3 Å². The van der Waals surface area contributed by atoms with E-state index >= 15 is 0 Å². The van der Waals surface area contributed by atoms with Gasteiger partial charge in [-0.25, -0.2) is 4.98 Å². The molecule has 0 spiro atoms. The molecule has 0 N–H and O–H groups in total. The monoisotopic (exact) mass is 538 g/mol. The van der Waals surface area contributed by atoms with Crippen molar-refractivity contribution < 1.29 is 4.79 Å². The van der Waals surface area contributed by atoms with E-state index in [1.54, 1.807) is 6.08 Å². The normalized spacial score (nSPS) is 20.1. The van der Waals surface area contributed by atoms with E-state index in [1.165, 1.54) is 106 Å². The summed E-state index contributed by atoms with van der Waals surface area (Å²) >= 11 is 6.07. The summed E-state index contributed by atoms with van der Waals surface area (Å²) in [5.74, 6) is 0.963. The molecular formula is C35H42N2OS. The summed E-state index contributed by atoms with van der Waals surface area (Å²) in [6, 6.07) is 14.9. The Hall–Kier alpha value is -2.59. The van der Waals surface area contributed by atoms with Gasteiger partial charge >= 0.3 is 0 Å². The maximum Gasteiger partial charge on any atom is 0.200 e. The minimum absolute atomic E-state index is 0.114. The van der Waals surface area contributed by atoms with Crippen LogP contribution in [0.4, 0.5) is 0 Å². The van der Waals surface area contributed by atoms with Gasteiger partial charge in [0.05, 0.1) is 11.2 Å². The SMILES string of the molecule is O=C(C=Cc1ccccc1)c1ccc2c(c(C3CCCCC3)nc(=S)n2C2CCCCC2)c1C1CCCCC1. The van der Waals surface area contributed by atoms with Crippen LogP contribution in [0.1, 0.15) is 141 Å². The van der Waals surface area contributed by atoms with Crippen molar-refractivity contribution in [2.24, 2.45) is 0 Å².